The lowest BCUT2D eigenvalue weighted by Gasteiger charge is -2.43. The minimum absolute atomic E-state index is 0.0925. The van der Waals surface area contributed by atoms with Gasteiger partial charge in [-0.2, -0.15) is 0 Å². The Morgan fingerprint density at radius 2 is 1.78 bits per heavy atom. The van der Waals surface area contributed by atoms with Crippen molar-refractivity contribution in [2.45, 2.75) is 32.4 Å². The van der Waals surface area contributed by atoms with E-state index in [2.05, 4.69) is 101 Å². The van der Waals surface area contributed by atoms with E-state index in [4.69, 9.17) is 4.98 Å². The number of likely N-dealkylation sites (N-methyl/N-ethyl adjacent to an activating group) is 1. The summed E-state index contributed by atoms with van der Waals surface area (Å²) >= 11 is 0. The number of hydrogen-bond acceptors (Lipinski definition) is 8. The third-order valence-corrected chi connectivity index (χ3v) is 6.44. The van der Waals surface area contributed by atoms with E-state index in [-0.39, 0.29) is 5.54 Å². The summed E-state index contributed by atoms with van der Waals surface area (Å²) in [7, 11) is 4.23. The molecular formula is C29H34N8. The fraction of sp³-hybridized carbons (Fsp3) is 0.310. The standard InChI is InChI=1S/C29H34N8/c1-19(20-9-10-31-28(13-20)37-17-24(18-37)36(5)6)33-26-12-23-11-21(7-8-22(23)14-32-26)25-15-30-16-27(34-25)35-29(2,3)4/h7-16,24H,1,17-18H2,2-6H3,(H,32,33)(H,34,35). The maximum atomic E-state index is 4.76. The van der Waals surface area contributed by atoms with E-state index < -0.39 is 0 Å². The minimum Gasteiger partial charge on any atom is -0.364 e. The molecule has 0 amide bonds. The molecule has 37 heavy (non-hydrogen) atoms. The second-order valence-corrected chi connectivity index (χ2v) is 10.8. The van der Waals surface area contributed by atoms with Crippen LogP contribution in [-0.2, 0) is 0 Å². The Morgan fingerprint density at radius 3 is 2.54 bits per heavy atom. The summed E-state index contributed by atoms with van der Waals surface area (Å²) in [5, 5.41) is 8.87. The van der Waals surface area contributed by atoms with Gasteiger partial charge in [-0.15, -0.1) is 0 Å². The molecule has 8 nitrogen and oxygen atoms in total. The van der Waals surface area contributed by atoms with Crippen molar-refractivity contribution in [1.82, 2.24) is 24.8 Å². The van der Waals surface area contributed by atoms with E-state index >= 15 is 0 Å². The van der Waals surface area contributed by atoms with Crippen molar-refractivity contribution in [3.8, 4) is 11.3 Å². The van der Waals surface area contributed by atoms with Gasteiger partial charge >= 0.3 is 0 Å². The molecule has 1 aromatic carbocycles. The predicted molar refractivity (Wildman–Crippen MR) is 153 cm³/mol. The predicted octanol–water partition coefficient (Wildman–Crippen LogP) is 5.13. The van der Waals surface area contributed by atoms with Crippen molar-refractivity contribution in [2.24, 2.45) is 0 Å². The van der Waals surface area contributed by atoms with E-state index in [1.54, 1.807) is 12.4 Å². The molecule has 0 saturated carbocycles. The van der Waals surface area contributed by atoms with Crippen molar-refractivity contribution < 1.29 is 0 Å². The van der Waals surface area contributed by atoms with Gasteiger partial charge in [-0.1, -0.05) is 18.7 Å². The molecule has 0 aliphatic carbocycles. The molecule has 0 atom stereocenters. The summed E-state index contributed by atoms with van der Waals surface area (Å²) in [6.45, 7) is 12.5. The maximum Gasteiger partial charge on any atom is 0.145 e. The van der Waals surface area contributed by atoms with Gasteiger partial charge in [0, 0.05) is 59.3 Å². The number of benzene rings is 1. The van der Waals surface area contributed by atoms with Crippen LogP contribution in [0.1, 0.15) is 26.3 Å². The van der Waals surface area contributed by atoms with Crippen LogP contribution in [0, 0.1) is 0 Å². The Labute approximate surface area is 218 Å². The molecule has 0 radical (unpaired) electrons. The van der Waals surface area contributed by atoms with Gasteiger partial charge in [-0.25, -0.2) is 15.0 Å². The summed E-state index contributed by atoms with van der Waals surface area (Å²) in [4.78, 5) is 22.8. The SMILES string of the molecule is C=C(Nc1cc2cc(-c3cncc(NC(C)(C)C)n3)ccc2cn1)c1ccnc(N2CC(N(C)C)C2)c1. The number of fused-ring (bicyclic) bond motifs is 1. The molecule has 1 saturated heterocycles. The summed E-state index contributed by atoms with van der Waals surface area (Å²) < 4.78 is 0. The summed E-state index contributed by atoms with van der Waals surface area (Å²) in [6, 6.07) is 12.9. The number of nitrogens with zero attached hydrogens (tertiary/aromatic N) is 6. The lowest BCUT2D eigenvalue weighted by Crippen LogP contribution is -2.57. The van der Waals surface area contributed by atoms with Crippen LogP contribution in [0.4, 0.5) is 17.5 Å². The van der Waals surface area contributed by atoms with Gasteiger partial charge in [-0.3, -0.25) is 4.98 Å². The monoisotopic (exact) mass is 494 g/mol. The third-order valence-electron chi connectivity index (χ3n) is 6.44. The first kappa shape index (κ1) is 24.6. The van der Waals surface area contributed by atoms with Gasteiger partial charge in [-0.05, 0) is 64.5 Å². The highest BCUT2D eigenvalue weighted by Gasteiger charge is 2.29. The van der Waals surface area contributed by atoms with Crippen molar-refractivity contribution in [1.29, 1.82) is 0 Å². The smallest absolute Gasteiger partial charge is 0.145 e. The fourth-order valence-electron chi connectivity index (χ4n) is 4.29. The molecule has 8 heteroatoms. The molecule has 0 bridgehead atoms. The van der Waals surface area contributed by atoms with Gasteiger partial charge in [0.2, 0.25) is 0 Å². The van der Waals surface area contributed by atoms with Gasteiger partial charge in [0.1, 0.15) is 17.5 Å². The van der Waals surface area contributed by atoms with Crippen molar-refractivity contribution in [3.05, 3.63) is 73.3 Å². The van der Waals surface area contributed by atoms with E-state index in [1.807, 2.05) is 24.5 Å². The second-order valence-electron chi connectivity index (χ2n) is 10.8. The number of nitrogens with one attached hydrogen (secondary N) is 2. The van der Waals surface area contributed by atoms with Crippen LogP contribution in [0.25, 0.3) is 27.7 Å². The molecule has 3 aromatic heterocycles. The number of hydrogen-bond donors (Lipinski definition) is 2. The van der Waals surface area contributed by atoms with Crippen LogP contribution >= 0.6 is 0 Å². The molecule has 5 rings (SSSR count). The van der Waals surface area contributed by atoms with Crippen LogP contribution in [0.2, 0.25) is 0 Å². The molecule has 190 valence electrons. The number of aromatic nitrogens is 4. The largest absolute Gasteiger partial charge is 0.364 e. The first-order valence-corrected chi connectivity index (χ1v) is 12.5. The number of anilines is 3. The molecule has 2 N–H and O–H groups in total. The Morgan fingerprint density at radius 1 is 0.973 bits per heavy atom. The fourth-order valence-corrected chi connectivity index (χ4v) is 4.29. The Bertz CT molecular complexity index is 1430. The van der Waals surface area contributed by atoms with E-state index in [0.717, 1.165) is 63.8 Å². The molecule has 0 spiro atoms. The first-order valence-electron chi connectivity index (χ1n) is 12.5. The van der Waals surface area contributed by atoms with E-state index in [9.17, 15) is 0 Å². The van der Waals surface area contributed by atoms with Crippen LogP contribution in [0.3, 0.4) is 0 Å². The zero-order valence-corrected chi connectivity index (χ0v) is 22.2. The number of pyridine rings is 2. The molecule has 0 unspecified atom stereocenters. The third kappa shape index (κ3) is 5.70. The topological polar surface area (TPSA) is 82.1 Å². The van der Waals surface area contributed by atoms with E-state index in [1.165, 1.54) is 0 Å². The average Bonchev–Trinajstić information content (AvgIpc) is 2.82. The molecule has 1 aliphatic rings. The lowest BCUT2D eigenvalue weighted by molar-refractivity contribution is 0.246. The first-order chi connectivity index (χ1) is 17.6. The van der Waals surface area contributed by atoms with Crippen LogP contribution in [0.5, 0.6) is 0 Å². The highest BCUT2D eigenvalue weighted by Crippen LogP contribution is 2.27. The normalized spacial score (nSPS) is 14.1. The quantitative estimate of drug-likeness (QED) is 0.366. The molecule has 4 aromatic rings. The Balaban J connectivity index is 1.33. The van der Waals surface area contributed by atoms with Gasteiger partial charge in [0.05, 0.1) is 18.1 Å². The molecule has 1 fully saturated rings. The highest BCUT2D eigenvalue weighted by molar-refractivity contribution is 5.89. The van der Waals surface area contributed by atoms with Crippen molar-refractivity contribution in [3.63, 3.8) is 0 Å². The highest BCUT2D eigenvalue weighted by atomic mass is 15.3. The van der Waals surface area contributed by atoms with Gasteiger partial charge in [0.15, 0.2) is 0 Å². The van der Waals surface area contributed by atoms with Gasteiger partial charge in [0.25, 0.3) is 0 Å². The summed E-state index contributed by atoms with van der Waals surface area (Å²) in [6.07, 6.45) is 7.25. The molecule has 1 aliphatic heterocycles. The molecule has 4 heterocycles. The van der Waals surface area contributed by atoms with Crippen LogP contribution in [-0.4, -0.2) is 63.6 Å². The van der Waals surface area contributed by atoms with Gasteiger partial charge < -0.3 is 20.4 Å². The minimum atomic E-state index is -0.0925. The summed E-state index contributed by atoms with van der Waals surface area (Å²) in [5.41, 5.74) is 3.50. The zero-order valence-electron chi connectivity index (χ0n) is 22.2. The van der Waals surface area contributed by atoms with Crippen molar-refractivity contribution in [2.75, 3.05) is 42.7 Å². The zero-order chi connectivity index (χ0) is 26.2. The lowest BCUT2D eigenvalue weighted by atomic mass is 10.1. The summed E-state index contributed by atoms with van der Waals surface area (Å²) in [5.74, 6) is 2.46. The maximum absolute atomic E-state index is 4.76. The van der Waals surface area contributed by atoms with Crippen molar-refractivity contribution >= 4 is 33.9 Å². The number of rotatable bonds is 7. The molecular weight excluding hydrogens is 460 g/mol. The van der Waals surface area contributed by atoms with E-state index in [0.29, 0.717) is 6.04 Å². The van der Waals surface area contributed by atoms with Crippen LogP contribution < -0.4 is 15.5 Å². The van der Waals surface area contributed by atoms with Crippen LogP contribution in [0.15, 0.2) is 67.8 Å². The Kier molecular flexibility index (Phi) is 6.52. The average molecular weight is 495 g/mol. The second kappa shape index (κ2) is 9.78. The Hall–Kier alpha value is -4.04.